The summed E-state index contributed by atoms with van der Waals surface area (Å²) < 4.78 is 15.2. The van der Waals surface area contributed by atoms with Crippen molar-refractivity contribution in [1.29, 1.82) is 0 Å². The van der Waals surface area contributed by atoms with E-state index in [1.165, 1.54) is 0 Å². The number of carboxylic acids is 3. The van der Waals surface area contributed by atoms with Gasteiger partial charge >= 0.3 is 35.8 Å². The van der Waals surface area contributed by atoms with E-state index in [0.29, 0.717) is 0 Å². The van der Waals surface area contributed by atoms with E-state index < -0.39 is 87.5 Å². The normalized spacial score (nSPS) is 12.8. The van der Waals surface area contributed by atoms with E-state index in [2.05, 4.69) is 19.7 Å². The monoisotopic (exact) mass is 504 g/mol. The molecule has 0 aliphatic carbocycles. The molecule has 0 saturated heterocycles. The predicted octanol–water partition coefficient (Wildman–Crippen LogP) is 3.15. The van der Waals surface area contributed by atoms with Crippen LogP contribution in [-0.2, 0) is 28.6 Å². The molecule has 1 aromatic carbocycles. The molecule has 0 aliphatic rings. The Hall–Kier alpha value is -4.74. The second kappa shape index (κ2) is 12.1. The second-order valence-electron chi connectivity index (χ2n) is 7.13. The van der Waals surface area contributed by atoms with Crippen molar-refractivity contribution in [2.75, 3.05) is 0 Å². The number of hydrogen-bond donors (Lipinski definition) is 3. The molecule has 0 aromatic heterocycles. The van der Waals surface area contributed by atoms with Crippen molar-refractivity contribution >= 4 is 35.8 Å². The van der Waals surface area contributed by atoms with Crippen LogP contribution >= 0.6 is 0 Å². The Bertz CT molecular complexity index is 996. The molecule has 0 heterocycles. The van der Waals surface area contributed by atoms with E-state index in [1.807, 2.05) is 0 Å². The third-order valence-corrected chi connectivity index (χ3v) is 4.86. The fourth-order valence-electron chi connectivity index (χ4n) is 3.56. The van der Waals surface area contributed by atoms with Crippen LogP contribution in [0.5, 0.6) is 0 Å². The molecule has 3 unspecified atom stereocenters. The van der Waals surface area contributed by atoms with Gasteiger partial charge in [-0.2, -0.15) is 0 Å². The molecule has 0 radical (unpaired) electrons. The summed E-state index contributed by atoms with van der Waals surface area (Å²) in [5.41, 5.74) is -4.60. The quantitative estimate of drug-likeness (QED) is 0.214. The highest BCUT2D eigenvalue weighted by Gasteiger charge is 2.40. The molecule has 0 saturated carbocycles. The number of carboxylic acid groups (broad SMARTS) is 3. The van der Waals surface area contributed by atoms with Gasteiger partial charge in [-0.05, 0) is 20.8 Å². The highest BCUT2D eigenvalue weighted by atomic mass is 16.6. The lowest BCUT2D eigenvalue weighted by molar-refractivity contribution is -0.143. The first-order chi connectivity index (χ1) is 16.7. The van der Waals surface area contributed by atoms with Crippen molar-refractivity contribution in [3.63, 3.8) is 0 Å². The number of esters is 3. The number of carbonyl (C=O) groups is 6. The van der Waals surface area contributed by atoms with E-state index in [4.69, 9.17) is 14.2 Å². The van der Waals surface area contributed by atoms with E-state index in [0.717, 1.165) is 39.0 Å². The van der Waals surface area contributed by atoms with Crippen LogP contribution in [0.4, 0.5) is 0 Å². The smallest absolute Gasteiger partial charge is 0.336 e. The number of carbonyl (C=O) groups excluding carboxylic acids is 3. The van der Waals surface area contributed by atoms with Crippen LogP contribution in [0, 0.1) is 0 Å². The summed E-state index contributed by atoms with van der Waals surface area (Å²) in [5, 5.41) is 30.1. The molecule has 0 amide bonds. The average Bonchev–Trinajstić information content (AvgIpc) is 2.80. The Morgan fingerprint density at radius 1 is 0.556 bits per heavy atom. The molecule has 12 heteroatoms. The summed E-state index contributed by atoms with van der Waals surface area (Å²) >= 11 is 0. The van der Waals surface area contributed by atoms with Crippen LogP contribution in [0.3, 0.4) is 0 Å². The van der Waals surface area contributed by atoms with Gasteiger partial charge in [0.15, 0.2) is 0 Å². The maximum atomic E-state index is 12.4. The fourth-order valence-corrected chi connectivity index (χ4v) is 3.56. The Balaban J connectivity index is 4.44. The van der Waals surface area contributed by atoms with Gasteiger partial charge in [-0.3, -0.25) is 0 Å². The summed E-state index contributed by atoms with van der Waals surface area (Å²) in [5.74, 6) is -8.56. The minimum absolute atomic E-state index is 0.636. The lowest BCUT2D eigenvalue weighted by atomic mass is 9.81. The first kappa shape index (κ1) is 29.3. The molecule has 0 bridgehead atoms. The number of hydrogen-bond acceptors (Lipinski definition) is 9. The topological polar surface area (TPSA) is 191 Å². The molecule has 1 aromatic rings. The zero-order valence-corrected chi connectivity index (χ0v) is 19.6. The summed E-state index contributed by atoms with van der Waals surface area (Å²) in [7, 11) is 0. The van der Waals surface area contributed by atoms with Crippen molar-refractivity contribution in [1.82, 2.24) is 0 Å². The zero-order chi connectivity index (χ0) is 27.9. The standard InChI is InChI=1S/C24H24O12/c1-7-13(25)34-10(4)16-19(22(28)29)17(11(5)35-14(26)8-2)21(24(32)33)18(20(16)23(30)31)12(6)36-15(27)9-3/h7-12H,1-3H2,4-6H3,(H,28,29)(H,30,31)(H,32,33). The Morgan fingerprint density at radius 2 is 0.750 bits per heavy atom. The summed E-state index contributed by atoms with van der Waals surface area (Å²) in [6.45, 7) is 13.1. The molecule has 0 aliphatic heterocycles. The second-order valence-corrected chi connectivity index (χ2v) is 7.13. The number of aromatic carboxylic acids is 3. The van der Waals surface area contributed by atoms with Crippen molar-refractivity contribution in [2.45, 2.75) is 39.1 Å². The lowest BCUT2D eigenvalue weighted by Gasteiger charge is -2.28. The highest BCUT2D eigenvalue weighted by Crippen LogP contribution is 2.41. The molecule has 36 heavy (non-hydrogen) atoms. The van der Waals surface area contributed by atoms with E-state index in [-0.39, 0.29) is 0 Å². The van der Waals surface area contributed by atoms with Crippen LogP contribution in [0.25, 0.3) is 0 Å². The van der Waals surface area contributed by atoms with Gasteiger partial charge in [0, 0.05) is 34.9 Å². The van der Waals surface area contributed by atoms with E-state index >= 15 is 0 Å². The number of benzene rings is 1. The van der Waals surface area contributed by atoms with Crippen molar-refractivity contribution < 1.29 is 58.3 Å². The molecule has 0 fully saturated rings. The van der Waals surface area contributed by atoms with E-state index in [1.54, 1.807) is 0 Å². The lowest BCUT2D eigenvalue weighted by Crippen LogP contribution is -2.27. The number of rotatable bonds is 12. The molecule has 12 nitrogen and oxygen atoms in total. The van der Waals surface area contributed by atoms with Crippen LogP contribution < -0.4 is 0 Å². The third-order valence-electron chi connectivity index (χ3n) is 4.86. The van der Waals surface area contributed by atoms with Gasteiger partial charge in [0.05, 0.1) is 16.7 Å². The minimum atomic E-state index is -1.81. The maximum absolute atomic E-state index is 12.4. The molecule has 192 valence electrons. The van der Waals surface area contributed by atoms with Crippen LogP contribution in [-0.4, -0.2) is 51.1 Å². The molecule has 0 spiro atoms. The van der Waals surface area contributed by atoms with Crippen molar-refractivity contribution in [2.24, 2.45) is 0 Å². The summed E-state index contributed by atoms with van der Waals surface area (Å²) in [4.78, 5) is 72.8. The van der Waals surface area contributed by atoms with Crippen LogP contribution in [0.2, 0.25) is 0 Å². The third kappa shape index (κ3) is 6.23. The van der Waals surface area contributed by atoms with Gasteiger partial charge in [0.25, 0.3) is 0 Å². The summed E-state index contributed by atoms with van der Waals surface area (Å²) in [6.07, 6.45) is -2.52. The summed E-state index contributed by atoms with van der Waals surface area (Å²) in [6, 6.07) is 0. The van der Waals surface area contributed by atoms with Gasteiger partial charge in [-0.25, -0.2) is 28.8 Å². The predicted molar refractivity (Wildman–Crippen MR) is 121 cm³/mol. The SMILES string of the molecule is C=CC(=O)OC(C)c1c(C(=O)O)c(C(C)OC(=O)C=C)c(C(=O)O)c(C(C)OC(=O)C=C)c1C(=O)O. The van der Waals surface area contributed by atoms with Gasteiger partial charge in [0.1, 0.15) is 18.3 Å². The molecular weight excluding hydrogens is 480 g/mol. The first-order valence-corrected chi connectivity index (χ1v) is 10.2. The Labute approximate surface area is 205 Å². The van der Waals surface area contributed by atoms with E-state index in [9.17, 15) is 44.1 Å². The Morgan fingerprint density at radius 3 is 0.889 bits per heavy atom. The molecule has 3 atom stereocenters. The van der Waals surface area contributed by atoms with Gasteiger partial charge in [-0.1, -0.05) is 19.7 Å². The molecule has 3 N–H and O–H groups in total. The maximum Gasteiger partial charge on any atom is 0.336 e. The van der Waals surface area contributed by atoms with Crippen LogP contribution in [0.15, 0.2) is 38.0 Å². The minimum Gasteiger partial charge on any atom is -0.478 e. The fraction of sp³-hybridized carbons (Fsp3) is 0.250. The van der Waals surface area contributed by atoms with Crippen LogP contribution in [0.1, 0.15) is 86.8 Å². The largest absolute Gasteiger partial charge is 0.478 e. The molecular formula is C24H24O12. The first-order valence-electron chi connectivity index (χ1n) is 10.2. The number of ether oxygens (including phenoxy) is 3. The van der Waals surface area contributed by atoms with Gasteiger partial charge in [0.2, 0.25) is 0 Å². The Kier molecular flexibility index (Phi) is 9.85. The zero-order valence-electron chi connectivity index (χ0n) is 19.6. The average molecular weight is 504 g/mol. The molecule has 1 rings (SSSR count). The van der Waals surface area contributed by atoms with Crippen molar-refractivity contribution in [3.05, 3.63) is 71.3 Å². The van der Waals surface area contributed by atoms with Gasteiger partial charge < -0.3 is 29.5 Å². The van der Waals surface area contributed by atoms with Crippen molar-refractivity contribution in [3.8, 4) is 0 Å². The van der Waals surface area contributed by atoms with Gasteiger partial charge in [-0.15, -0.1) is 0 Å². The highest BCUT2D eigenvalue weighted by molar-refractivity contribution is 6.06.